The second-order valence-corrected chi connectivity index (χ2v) is 6.06. The van der Waals surface area contributed by atoms with Crippen LogP contribution in [-0.2, 0) is 11.2 Å². The molecule has 124 valence electrons. The Bertz CT molecular complexity index is 645. The van der Waals surface area contributed by atoms with Crippen LogP contribution in [0.15, 0.2) is 36.4 Å². The van der Waals surface area contributed by atoms with Gasteiger partial charge in [0.1, 0.15) is 5.75 Å². The molecular formula is C19H26N2O2. The molecule has 1 amide bonds. The molecule has 0 aliphatic carbocycles. The molecule has 0 aliphatic heterocycles. The molecule has 1 aromatic carbocycles. The Balaban J connectivity index is 1.79. The van der Waals surface area contributed by atoms with Crippen molar-refractivity contribution < 1.29 is 9.53 Å². The number of ether oxygens (including phenoxy) is 1. The molecule has 0 fully saturated rings. The first kappa shape index (κ1) is 17.1. The summed E-state index contributed by atoms with van der Waals surface area (Å²) in [4.78, 5) is 11.8. The Hall–Kier alpha value is -2.23. The van der Waals surface area contributed by atoms with Gasteiger partial charge in [0.25, 0.3) is 5.91 Å². The van der Waals surface area contributed by atoms with Crippen LogP contribution < -0.4 is 10.1 Å². The van der Waals surface area contributed by atoms with E-state index in [-0.39, 0.29) is 12.5 Å². The van der Waals surface area contributed by atoms with Gasteiger partial charge in [-0.3, -0.25) is 4.79 Å². The van der Waals surface area contributed by atoms with Crippen molar-refractivity contribution in [1.29, 1.82) is 0 Å². The van der Waals surface area contributed by atoms with Crippen LogP contribution in [0.3, 0.4) is 0 Å². The van der Waals surface area contributed by atoms with Crippen LogP contribution in [0, 0.1) is 13.8 Å². The Morgan fingerprint density at radius 1 is 1.22 bits per heavy atom. The van der Waals surface area contributed by atoms with Crippen molar-refractivity contribution >= 4 is 5.91 Å². The van der Waals surface area contributed by atoms with Crippen molar-refractivity contribution in [2.45, 2.75) is 40.2 Å². The lowest BCUT2D eigenvalue weighted by atomic mass is 10.2. The number of carbonyl (C=O) groups is 1. The van der Waals surface area contributed by atoms with E-state index in [4.69, 9.17) is 4.74 Å². The number of benzene rings is 1. The van der Waals surface area contributed by atoms with Crippen LogP contribution in [0.4, 0.5) is 0 Å². The highest BCUT2D eigenvalue weighted by atomic mass is 16.5. The molecule has 2 aromatic rings. The zero-order valence-electron chi connectivity index (χ0n) is 14.4. The van der Waals surface area contributed by atoms with Gasteiger partial charge in [0.05, 0.1) is 0 Å². The zero-order chi connectivity index (χ0) is 16.8. The van der Waals surface area contributed by atoms with E-state index in [0.29, 0.717) is 18.3 Å². The largest absolute Gasteiger partial charge is 0.484 e. The molecule has 0 saturated heterocycles. The number of hydrogen-bond donors (Lipinski definition) is 1. The number of rotatable bonds is 7. The minimum atomic E-state index is -0.0912. The standard InChI is InChI=1S/C19H26N2O2/c1-14(2)21-15(3)12-17(16(21)4)10-11-20-19(22)13-23-18-8-6-5-7-9-18/h5-9,12,14H,10-11,13H2,1-4H3,(H,20,22). The van der Waals surface area contributed by atoms with Gasteiger partial charge >= 0.3 is 0 Å². The number of nitrogens with zero attached hydrogens (tertiary/aromatic N) is 1. The van der Waals surface area contributed by atoms with Gasteiger partial charge in [0.2, 0.25) is 0 Å². The Morgan fingerprint density at radius 2 is 1.91 bits per heavy atom. The predicted octanol–water partition coefficient (Wildman–Crippen LogP) is 3.42. The fourth-order valence-corrected chi connectivity index (χ4v) is 2.95. The Morgan fingerprint density at radius 3 is 2.52 bits per heavy atom. The van der Waals surface area contributed by atoms with E-state index in [1.54, 1.807) is 0 Å². The molecule has 0 aliphatic rings. The third kappa shape index (κ3) is 4.62. The normalized spacial score (nSPS) is 10.8. The van der Waals surface area contributed by atoms with Crippen molar-refractivity contribution in [3.63, 3.8) is 0 Å². The number of amides is 1. The van der Waals surface area contributed by atoms with Crippen molar-refractivity contribution in [3.8, 4) is 5.75 Å². The van der Waals surface area contributed by atoms with E-state index in [2.05, 4.69) is 43.6 Å². The minimum absolute atomic E-state index is 0.0506. The molecule has 23 heavy (non-hydrogen) atoms. The summed E-state index contributed by atoms with van der Waals surface area (Å²) in [6.45, 7) is 9.32. The molecule has 0 bridgehead atoms. The van der Waals surface area contributed by atoms with Crippen molar-refractivity contribution in [2.75, 3.05) is 13.2 Å². The summed E-state index contributed by atoms with van der Waals surface area (Å²) in [7, 11) is 0. The average Bonchev–Trinajstić information content (AvgIpc) is 2.80. The van der Waals surface area contributed by atoms with Crippen molar-refractivity contribution in [2.24, 2.45) is 0 Å². The predicted molar refractivity (Wildman–Crippen MR) is 92.9 cm³/mol. The summed E-state index contributed by atoms with van der Waals surface area (Å²) in [5, 5.41) is 2.91. The lowest BCUT2D eigenvalue weighted by molar-refractivity contribution is -0.123. The molecule has 0 spiro atoms. The maximum Gasteiger partial charge on any atom is 0.257 e. The SMILES string of the molecule is Cc1cc(CCNC(=O)COc2ccccc2)c(C)n1C(C)C. The third-order valence-electron chi connectivity index (χ3n) is 3.94. The Kier molecular flexibility index (Phi) is 5.85. The number of aromatic nitrogens is 1. The van der Waals surface area contributed by atoms with E-state index >= 15 is 0 Å². The molecule has 1 N–H and O–H groups in total. The number of nitrogens with one attached hydrogen (secondary N) is 1. The fourth-order valence-electron chi connectivity index (χ4n) is 2.95. The summed E-state index contributed by atoms with van der Waals surface area (Å²) in [5.41, 5.74) is 3.85. The van der Waals surface area contributed by atoms with Gasteiger partial charge in [-0.2, -0.15) is 0 Å². The van der Waals surface area contributed by atoms with Crippen LogP contribution in [0.2, 0.25) is 0 Å². The number of carbonyl (C=O) groups excluding carboxylic acids is 1. The summed E-state index contributed by atoms with van der Waals surface area (Å²) in [6.07, 6.45) is 0.837. The molecule has 0 unspecified atom stereocenters. The topological polar surface area (TPSA) is 43.3 Å². The van der Waals surface area contributed by atoms with Crippen LogP contribution in [-0.4, -0.2) is 23.6 Å². The lowest BCUT2D eigenvalue weighted by Crippen LogP contribution is -2.30. The summed E-state index contributed by atoms with van der Waals surface area (Å²) in [6, 6.07) is 12.0. The first-order valence-electron chi connectivity index (χ1n) is 8.11. The maximum atomic E-state index is 11.8. The smallest absolute Gasteiger partial charge is 0.257 e. The monoisotopic (exact) mass is 314 g/mol. The van der Waals surface area contributed by atoms with E-state index < -0.39 is 0 Å². The molecule has 1 heterocycles. The van der Waals surface area contributed by atoms with Crippen LogP contribution in [0.1, 0.15) is 36.8 Å². The molecular weight excluding hydrogens is 288 g/mol. The van der Waals surface area contributed by atoms with Gasteiger partial charge in [0, 0.05) is 24.0 Å². The average molecular weight is 314 g/mol. The number of aryl methyl sites for hydroxylation is 1. The van der Waals surface area contributed by atoms with Crippen molar-refractivity contribution in [3.05, 3.63) is 53.3 Å². The van der Waals surface area contributed by atoms with E-state index in [1.165, 1.54) is 17.0 Å². The minimum Gasteiger partial charge on any atom is -0.484 e. The second kappa shape index (κ2) is 7.86. The summed E-state index contributed by atoms with van der Waals surface area (Å²) in [5.74, 6) is 0.620. The number of hydrogen-bond acceptors (Lipinski definition) is 2. The quantitative estimate of drug-likeness (QED) is 0.851. The van der Waals surface area contributed by atoms with Crippen molar-refractivity contribution in [1.82, 2.24) is 9.88 Å². The number of para-hydroxylation sites is 1. The van der Waals surface area contributed by atoms with Crippen LogP contribution in [0.5, 0.6) is 5.75 Å². The van der Waals surface area contributed by atoms with Gasteiger partial charge in [0.15, 0.2) is 6.61 Å². The summed E-state index contributed by atoms with van der Waals surface area (Å²) >= 11 is 0. The van der Waals surface area contributed by atoms with E-state index in [1.807, 2.05) is 30.3 Å². The fraction of sp³-hybridized carbons (Fsp3) is 0.421. The Labute approximate surface area is 138 Å². The van der Waals surface area contributed by atoms with Crippen LogP contribution >= 0.6 is 0 Å². The molecule has 1 aromatic heterocycles. The zero-order valence-corrected chi connectivity index (χ0v) is 14.4. The first-order valence-corrected chi connectivity index (χ1v) is 8.11. The highest BCUT2D eigenvalue weighted by Crippen LogP contribution is 2.20. The molecule has 4 nitrogen and oxygen atoms in total. The molecule has 0 atom stereocenters. The van der Waals surface area contributed by atoms with E-state index in [9.17, 15) is 4.79 Å². The van der Waals surface area contributed by atoms with Gasteiger partial charge in [-0.1, -0.05) is 18.2 Å². The summed E-state index contributed by atoms with van der Waals surface area (Å²) < 4.78 is 7.76. The second-order valence-electron chi connectivity index (χ2n) is 6.06. The van der Waals surface area contributed by atoms with Crippen LogP contribution in [0.25, 0.3) is 0 Å². The van der Waals surface area contributed by atoms with E-state index in [0.717, 1.165) is 6.42 Å². The highest BCUT2D eigenvalue weighted by molar-refractivity contribution is 5.77. The van der Waals surface area contributed by atoms with Gasteiger partial charge in [-0.05, 0) is 57.9 Å². The van der Waals surface area contributed by atoms with Gasteiger partial charge < -0.3 is 14.6 Å². The van der Waals surface area contributed by atoms with Gasteiger partial charge in [-0.25, -0.2) is 0 Å². The third-order valence-corrected chi connectivity index (χ3v) is 3.94. The highest BCUT2D eigenvalue weighted by Gasteiger charge is 2.11. The van der Waals surface area contributed by atoms with Gasteiger partial charge in [-0.15, -0.1) is 0 Å². The molecule has 0 saturated carbocycles. The molecule has 0 radical (unpaired) electrons. The molecule has 4 heteroatoms. The first-order chi connectivity index (χ1) is 11.0. The maximum absolute atomic E-state index is 11.8. The molecule has 2 rings (SSSR count). The lowest BCUT2D eigenvalue weighted by Gasteiger charge is -2.14.